The Morgan fingerprint density at radius 1 is 0.808 bits per heavy atom. The second-order valence-electron chi connectivity index (χ2n) is 22.9. The van der Waals surface area contributed by atoms with E-state index < -0.39 is 112 Å². The number of allylic oxidation sites excluding steroid dienone is 1. The number of ether oxygens (including phenoxy) is 3. The maximum absolute atomic E-state index is 15.7. The number of hydrogen-bond donors (Lipinski definition) is 2. The Morgan fingerprint density at radius 2 is 1.42 bits per heavy atom. The highest BCUT2D eigenvalue weighted by molar-refractivity contribution is 5.99. The molecule has 1 aromatic heterocycles. The number of hydrogen-bond acceptors (Lipinski definition) is 12. The number of nitrogens with one attached hydrogen (secondary N) is 2. The summed E-state index contributed by atoms with van der Waals surface area (Å²) in [6.07, 6.45) is 4.31. The Kier molecular flexibility index (Phi) is 19.7. The summed E-state index contributed by atoms with van der Waals surface area (Å²) in [4.78, 5) is 123. The van der Waals surface area contributed by atoms with Gasteiger partial charge in [0.1, 0.15) is 42.5 Å². The summed E-state index contributed by atoms with van der Waals surface area (Å²) in [5, 5.41) is 18.9. The van der Waals surface area contributed by atoms with Crippen LogP contribution in [0.4, 0.5) is 5.69 Å². The molecule has 2 bridgehead atoms. The third kappa shape index (κ3) is 13.2. The Bertz CT molecular complexity index is 2750. The number of aromatic nitrogens is 1. The van der Waals surface area contributed by atoms with E-state index in [4.69, 9.17) is 14.2 Å². The van der Waals surface area contributed by atoms with E-state index in [2.05, 4.69) is 29.0 Å². The van der Waals surface area contributed by atoms with Crippen molar-refractivity contribution in [1.29, 1.82) is 0 Å². The number of rotatable bonds is 15. The maximum Gasteiger partial charge on any atom is 0.311 e. The molecule has 3 aromatic rings. The van der Waals surface area contributed by atoms with Crippen LogP contribution in [0.15, 0.2) is 60.8 Å². The van der Waals surface area contributed by atoms with Crippen molar-refractivity contribution in [3.05, 3.63) is 82.1 Å². The Hall–Kier alpha value is -6.67. The van der Waals surface area contributed by atoms with E-state index in [-0.39, 0.29) is 67.9 Å². The molecule has 20 heteroatoms. The fourth-order valence-electron chi connectivity index (χ4n) is 11.3. The lowest BCUT2D eigenvalue weighted by molar-refractivity contribution is -0.385. The number of methoxy groups -OCH3 is 2. The highest BCUT2D eigenvalue weighted by Gasteiger charge is 2.49. The zero-order valence-electron chi connectivity index (χ0n) is 47.9. The molecule has 6 rings (SSSR count). The summed E-state index contributed by atoms with van der Waals surface area (Å²) in [6.45, 7) is 17.5. The number of fused-ring (bicyclic) bond motifs is 3. The van der Waals surface area contributed by atoms with Crippen molar-refractivity contribution in [2.24, 2.45) is 23.7 Å². The summed E-state index contributed by atoms with van der Waals surface area (Å²) in [5.41, 5.74) is 1.07. The van der Waals surface area contributed by atoms with Crippen LogP contribution in [-0.2, 0) is 61.4 Å². The summed E-state index contributed by atoms with van der Waals surface area (Å²) >= 11 is 0. The molecule has 0 spiro atoms. The molecular formula is C58H82N8O12. The number of carbonyl (C=O) groups excluding carboxylic acids is 7. The van der Waals surface area contributed by atoms with Crippen molar-refractivity contribution < 1.29 is 52.7 Å². The minimum atomic E-state index is -1.36. The molecule has 0 radical (unpaired) electrons. The maximum atomic E-state index is 15.7. The first-order chi connectivity index (χ1) is 36.8. The lowest BCUT2D eigenvalue weighted by Gasteiger charge is -2.48. The van der Waals surface area contributed by atoms with Gasteiger partial charge in [-0.05, 0) is 88.0 Å². The van der Waals surface area contributed by atoms with Gasteiger partial charge in [-0.1, -0.05) is 78.0 Å². The van der Waals surface area contributed by atoms with Gasteiger partial charge in [0, 0.05) is 76.1 Å². The molecule has 20 nitrogen and oxygen atoms in total. The van der Waals surface area contributed by atoms with Gasteiger partial charge in [0.15, 0.2) is 11.5 Å². The summed E-state index contributed by atoms with van der Waals surface area (Å²) in [7, 11) is 7.22. The van der Waals surface area contributed by atoms with E-state index >= 15 is 24.0 Å². The van der Waals surface area contributed by atoms with Crippen LogP contribution in [0.1, 0.15) is 106 Å². The zero-order valence-corrected chi connectivity index (χ0v) is 47.9. The predicted molar refractivity (Wildman–Crippen MR) is 294 cm³/mol. The number of nitro benzene ring substituents is 1. The van der Waals surface area contributed by atoms with E-state index in [0.717, 1.165) is 16.5 Å². The molecule has 3 saturated heterocycles. The molecule has 3 fully saturated rings. The minimum Gasteiger partial charge on any atom is -0.490 e. The van der Waals surface area contributed by atoms with Crippen molar-refractivity contribution in [3.8, 4) is 5.75 Å². The van der Waals surface area contributed by atoms with Crippen molar-refractivity contribution >= 4 is 57.8 Å². The first kappa shape index (κ1) is 60.6. The van der Waals surface area contributed by atoms with E-state index in [1.807, 2.05) is 65.1 Å². The second-order valence-corrected chi connectivity index (χ2v) is 22.9. The molecule has 3 aliphatic heterocycles. The van der Waals surface area contributed by atoms with Crippen LogP contribution >= 0.6 is 0 Å². The second kappa shape index (κ2) is 25.4. The molecule has 10 atom stereocenters. The number of nitrogens with zero attached hydrogens (tertiary/aromatic N) is 6. The fourth-order valence-corrected chi connectivity index (χ4v) is 11.3. The average molecular weight is 1080 g/mol. The molecule has 6 amide bonds. The van der Waals surface area contributed by atoms with Gasteiger partial charge < -0.3 is 49.0 Å². The van der Waals surface area contributed by atoms with Crippen molar-refractivity contribution in [2.45, 2.75) is 161 Å². The predicted octanol–water partition coefficient (Wildman–Crippen LogP) is 5.80. The normalized spacial score (nSPS) is 26.7. The van der Waals surface area contributed by atoms with Gasteiger partial charge >= 0.3 is 5.69 Å². The monoisotopic (exact) mass is 1080 g/mol. The number of carbonyl (C=O) groups is 7. The van der Waals surface area contributed by atoms with E-state index in [1.165, 1.54) is 67.1 Å². The number of para-hydroxylation sites is 1. The molecule has 78 heavy (non-hydrogen) atoms. The van der Waals surface area contributed by atoms with E-state index in [0.29, 0.717) is 12.2 Å². The molecule has 3 aliphatic rings. The third-order valence-corrected chi connectivity index (χ3v) is 15.9. The van der Waals surface area contributed by atoms with Crippen LogP contribution < -0.4 is 15.4 Å². The first-order valence-electron chi connectivity index (χ1n) is 27.2. The van der Waals surface area contributed by atoms with Crippen LogP contribution in [0.3, 0.4) is 0 Å². The highest BCUT2D eigenvalue weighted by Crippen LogP contribution is 2.37. The van der Waals surface area contributed by atoms with Gasteiger partial charge in [-0.25, -0.2) is 0 Å². The summed E-state index contributed by atoms with van der Waals surface area (Å²) in [5.74, 6) is -6.01. The molecule has 4 heterocycles. The van der Waals surface area contributed by atoms with Crippen LogP contribution in [-0.4, -0.2) is 161 Å². The number of benzene rings is 2. The quantitative estimate of drug-likeness (QED) is 0.0795. The fraction of sp³-hybridized carbons (Fsp3) is 0.603. The van der Waals surface area contributed by atoms with Crippen LogP contribution in [0.2, 0.25) is 0 Å². The minimum absolute atomic E-state index is 0.0144. The Morgan fingerprint density at radius 3 is 2.03 bits per heavy atom. The number of epoxide rings is 1. The molecular weight excluding hydrogens is 1000 g/mol. The molecule has 2 aromatic carbocycles. The lowest BCUT2D eigenvalue weighted by atomic mass is 9.88. The number of ketones is 1. The highest BCUT2D eigenvalue weighted by atomic mass is 16.6. The van der Waals surface area contributed by atoms with Crippen LogP contribution in [0, 0.1) is 33.8 Å². The largest absolute Gasteiger partial charge is 0.490 e. The SMILES string of the molecule is C/C=C/C[C@@H]1NC(=O)[C@H](CC(C)C)N2C(=O)[C@H](CC(C)[C@H]2OC)N(C)C(=O)[C@H](C)CC(=O)[C@H](Cc2ccc(OC)c([N+](=O)[O-])c2)NC(=O)[C@H](CC(C)C)N(C)C(=O)[C@H](Cc2cn(C(C)(C)[C@H]3CO3)c3ccccc23)N(C)C1=O. The average Bonchev–Trinajstić information content (AvgIpc) is 4.23. The number of nitro groups is 1. The Balaban J connectivity index is 1.54. The van der Waals surface area contributed by atoms with Crippen molar-refractivity contribution in [1.82, 2.24) is 34.8 Å². The number of piperidine rings is 1. The smallest absolute Gasteiger partial charge is 0.311 e. The van der Waals surface area contributed by atoms with Gasteiger partial charge in [-0.15, -0.1) is 0 Å². The van der Waals surface area contributed by atoms with Gasteiger partial charge in [0.2, 0.25) is 35.4 Å². The van der Waals surface area contributed by atoms with Gasteiger partial charge in [0.05, 0.1) is 30.2 Å². The van der Waals surface area contributed by atoms with Crippen molar-refractivity contribution in [2.75, 3.05) is 42.0 Å². The van der Waals surface area contributed by atoms with Crippen molar-refractivity contribution in [3.63, 3.8) is 0 Å². The molecule has 426 valence electrons. The van der Waals surface area contributed by atoms with E-state index in [9.17, 15) is 19.7 Å². The van der Waals surface area contributed by atoms with Crippen LogP contribution in [0.25, 0.3) is 10.9 Å². The molecule has 0 saturated carbocycles. The number of amides is 6. The van der Waals surface area contributed by atoms with Gasteiger partial charge in [0.25, 0.3) is 0 Å². The van der Waals surface area contributed by atoms with Gasteiger partial charge in [-0.3, -0.25) is 43.7 Å². The van der Waals surface area contributed by atoms with Crippen LogP contribution in [0.5, 0.6) is 5.75 Å². The lowest BCUT2D eigenvalue weighted by Crippen LogP contribution is -2.66. The third-order valence-electron chi connectivity index (χ3n) is 15.9. The summed E-state index contributed by atoms with van der Waals surface area (Å²) < 4.78 is 19.1. The number of Topliss-reactive ketones (excluding diaryl/α,β-unsaturated/α-hetero) is 1. The van der Waals surface area contributed by atoms with Gasteiger partial charge in [-0.2, -0.15) is 0 Å². The molecule has 0 aliphatic carbocycles. The first-order valence-corrected chi connectivity index (χ1v) is 27.2. The number of likely N-dealkylation sites (N-methyl/N-ethyl adjacent to an activating group) is 3. The zero-order chi connectivity index (χ0) is 57.7. The molecule has 2 N–H and O–H groups in total. The Labute approximate surface area is 458 Å². The topological polar surface area (TPSA) is 236 Å². The molecule has 1 unspecified atom stereocenters. The standard InChI is InChI=1S/C58H82N8O12/c1-15-16-20-40-54(71)63(12)47(30-38-31-64(58(8,9)50-32-78-50)42-21-18-17-19-39(38)42)55(72)61(10)44(24-33(2)3)51(68)60-41(28-37-22-23-49(76-13)43(29-37)66(74)75)48(67)27-35(6)53(70)62(11)46-26-36(7)57(77-14)65(56(46)73)45(25-34(4)5)52(69)59-40/h15-19,21-23,29,31,33-36,40-41,44-47,50,57H,20,24-28,30,32H2,1-14H3,(H,59,69)(H,60,68)/b16-15+/t35-,36?,40+,41+,44+,45+,46+,47+,50-,57-/m1/s1. The van der Waals surface area contributed by atoms with E-state index in [1.54, 1.807) is 32.1 Å². The summed E-state index contributed by atoms with van der Waals surface area (Å²) in [6, 6.07) is 4.61.